The highest BCUT2D eigenvalue weighted by Crippen LogP contribution is 2.39. The Morgan fingerprint density at radius 3 is 2.10 bits per heavy atom. The molecule has 0 aromatic heterocycles. The summed E-state index contributed by atoms with van der Waals surface area (Å²) in [6, 6.07) is 13.9. The molecule has 1 fully saturated rings. The van der Waals surface area contributed by atoms with E-state index in [1.165, 1.54) is 0 Å². The second kappa shape index (κ2) is 10.5. The number of nitrogens with zero attached hydrogens (tertiary/aromatic N) is 1. The van der Waals surface area contributed by atoms with Crippen molar-refractivity contribution in [2.24, 2.45) is 5.41 Å². The molecule has 1 aliphatic heterocycles. The van der Waals surface area contributed by atoms with Gasteiger partial charge in [0.05, 0.1) is 27.9 Å². The fourth-order valence-corrected chi connectivity index (χ4v) is 4.06. The molecule has 1 saturated heterocycles. The number of rotatable bonds is 10. The van der Waals surface area contributed by atoms with E-state index in [4.69, 9.17) is 18.9 Å². The van der Waals surface area contributed by atoms with Crippen molar-refractivity contribution in [1.29, 1.82) is 0 Å². The van der Waals surface area contributed by atoms with Crippen LogP contribution in [0.3, 0.4) is 0 Å². The van der Waals surface area contributed by atoms with Gasteiger partial charge in [-0.2, -0.15) is 0 Å². The zero-order valence-electron chi connectivity index (χ0n) is 18.2. The van der Waals surface area contributed by atoms with Crippen LogP contribution in [0.5, 0.6) is 23.0 Å². The van der Waals surface area contributed by atoms with Crippen LogP contribution in [-0.4, -0.2) is 57.6 Å². The molecule has 2 aromatic carbocycles. The zero-order valence-corrected chi connectivity index (χ0v) is 18.2. The number of aliphatic hydroxyl groups excluding tert-OH is 1. The third-order valence-electron chi connectivity index (χ3n) is 6.03. The van der Waals surface area contributed by atoms with E-state index in [0.717, 1.165) is 50.2 Å². The van der Waals surface area contributed by atoms with Gasteiger partial charge in [0.15, 0.2) is 11.5 Å². The van der Waals surface area contributed by atoms with E-state index in [2.05, 4.69) is 4.90 Å². The Balaban J connectivity index is 1.56. The SMILES string of the molecule is COc1cc(CN2CCC(CO)(CCOc3ccccc3)CC2)cc(OC)c1OC. The Bertz CT molecular complexity index is 762. The first-order valence-electron chi connectivity index (χ1n) is 10.4. The average Bonchev–Trinajstić information content (AvgIpc) is 2.80. The number of aliphatic hydroxyl groups is 1. The second-order valence-electron chi connectivity index (χ2n) is 7.88. The third kappa shape index (κ3) is 5.37. The summed E-state index contributed by atoms with van der Waals surface area (Å²) >= 11 is 0. The van der Waals surface area contributed by atoms with Crippen molar-refractivity contribution in [3.05, 3.63) is 48.0 Å². The van der Waals surface area contributed by atoms with E-state index in [1.807, 2.05) is 42.5 Å². The van der Waals surface area contributed by atoms with Crippen molar-refractivity contribution < 1.29 is 24.1 Å². The first-order chi connectivity index (χ1) is 14.6. The summed E-state index contributed by atoms with van der Waals surface area (Å²) in [5.41, 5.74) is 1.05. The highest BCUT2D eigenvalue weighted by atomic mass is 16.5. The van der Waals surface area contributed by atoms with E-state index in [9.17, 15) is 5.11 Å². The lowest BCUT2D eigenvalue weighted by Gasteiger charge is -2.40. The third-order valence-corrected chi connectivity index (χ3v) is 6.03. The van der Waals surface area contributed by atoms with Gasteiger partial charge in [0.2, 0.25) is 5.75 Å². The zero-order chi connectivity index (χ0) is 21.4. The van der Waals surface area contributed by atoms with Crippen LogP contribution >= 0.6 is 0 Å². The molecule has 30 heavy (non-hydrogen) atoms. The largest absolute Gasteiger partial charge is 0.494 e. The topological polar surface area (TPSA) is 60.4 Å². The van der Waals surface area contributed by atoms with Gasteiger partial charge < -0.3 is 24.1 Å². The lowest BCUT2D eigenvalue weighted by atomic mass is 9.76. The normalized spacial score (nSPS) is 16.1. The Labute approximate surface area is 179 Å². The quantitative estimate of drug-likeness (QED) is 0.638. The maximum absolute atomic E-state index is 10.1. The Hall–Kier alpha value is -2.44. The first kappa shape index (κ1) is 22.2. The molecular weight excluding hydrogens is 382 g/mol. The minimum atomic E-state index is -0.0689. The van der Waals surface area contributed by atoms with Gasteiger partial charge in [-0.15, -0.1) is 0 Å². The number of para-hydroxylation sites is 1. The summed E-state index contributed by atoms with van der Waals surface area (Å²) < 4.78 is 22.2. The molecule has 2 aromatic rings. The van der Waals surface area contributed by atoms with Crippen molar-refractivity contribution in [3.63, 3.8) is 0 Å². The number of ether oxygens (including phenoxy) is 4. The van der Waals surface area contributed by atoms with Gasteiger partial charge in [-0.1, -0.05) is 18.2 Å². The number of hydrogen-bond donors (Lipinski definition) is 1. The fraction of sp³-hybridized carbons (Fsp3) is 0.500. The van der Waals surface area contributed by atoms with E-state index in [-0.39, 0.29) is 12.0 Å². The minimum Gasteiger partial charge on any atom is -0.494 e. The fourth-order valence-electron chi connectivity index (χ4n) is 4.06. The van der Waals surface area contributed by atoms with Gasteiger partial charge in [-0.05, 0) is 67.6 Å². The second-order valence-corrected chi connectivity index (χ2v) is 7.88. The molecule has 3 rings (SSSR count). The van der Waals surface area contributed by atoms with Gasteiger partial charge in [0.1, 0.15) is 5.75 Å². The van der Waals surface area contributed by atoms with Crippen molar-refractivity contribution >= 4 is 0 Å². The molecule has 1 heterocycles. The predicted octanol–water partition coefficient (Wildman–Crippen LogP) is 3.76. The Kier molecular flexibility index (Phi) is 7.82. The van der Waals surface area contributed by atoms with Crippen LogP contribution in [0.25, 0.3) is 0 Å². The van der Waals surface area contributed by atoms with Crippen molar-refractivity contribution in [2.45, 2.75) is 25.8 Å². The summed E-state index contributed by atoms with van der Waals surface area (Å²) in [5.74, 6) is 2.84. The molecule has 0 aliphatic carbocycles. The smallest absolute Gasteiger partial charge is 0.203 e. The van der Waals surface area contributed by atoms with Crippen LogP contribution in [-0.2, 0) is 6.54 Å². The van der Waals surface area contributed by atoms with E-state index < -0.39 is 0 Å². The van der Waals surface area contributed by atoms with Gasteiger partial charge in [0, 0.05) is 13.2 Å². The van der Waals surface area contributed by atoms with E-state index in [1.54, 1.807) is 21.3 Å². The minimum absolute atomic E-state index is 0.0689. The number of hydrogen-bond acceptors (Lipinski definition) is 6. The lowest BCUT2D eigenvalue weighted by Crippen LogP contribution is -2.42. The molecule has 0 atom stereocenters. The number of likely N-dealkylation sites (tertiary alicyclic amines) is 1. The molecule has 0 unspecified atom stereocenters. The monoisotopic (exact) mass is 415 g/mol. The van der Waals surface area contributed by atoms with Crippen LogP contribution in [0.1, 0.15) is 24.8 Å². The van der Waals surface area contributed by atoms with Crippen molar-refractivity contribution in [3.8, 4) is 23.0 Å². The summed E-state index contributed by atoms with van der Waals surface area (Å²) in [5, 5.41) is 10.1. The summed E-state index contributed by atoms with van der Waals surface area (Å²) in [6.07, 6.45) is 2.76. The molecule has 0 bridgehead atoms. The standard InChI is InChI=1S/C24H33NO5/c1-27-21-15-19(16-22(28-2)23(21)29-3)17-25-12-9-24(18-26,10-13-25)11-14-30-20-7-5-4-6-8-20/h4-8,15-16,26H,9-14,17-18H2,1-3H3. The van der Waals surface area contributed by atoms with Gasteiger partial charge in [-0.25, -0.2) is 0 Å². The predicted molar refractivity (Wildman–Crippen MR) is 117 cm³/mol. The van der Waals surface area contributed by atoms with Gasteiger partial charge in [0.25, 0.3) is 0 Å². The van der Waals surface area contributed by atoms with Crippen molar-refractivity contribution in [2.75, 3.05) is 47.6 Å². The summed E-state index contributed by atoms with van der Waals surface area (Å²) in [4.78, 5) is 2.41. The summed E-state index contributed by atoms with van der Waals surface area (Å²) in [6.45, 7) is 3.49. The molecule has 0 amide bonds. The Morgan fingerprint density at radius 1 is 0.933 bits per heavy atom. The van der Waals surface area contributed by atoms with E-state index >= 15 is 0 Å². The highest BCUT2D eigenvalue weighted by Gasteiger charge is 2.34. The summed E-state index contributed by atoms with van der Waals surface area (Å²) in [7, 11) is 4.88. The molecule has 164 valence electrons. The average molecular weight is 416 g/mol. The number of piperidine rings is 1. The van der Waals surface area contributed by atoms with Crippen LogP contribution in [0.2, 0.25) is 0 Å². The highest BCUT2D eigenvalue weighted by molar-refractivity contribution is 5.53. The van der Waals surface area contributed by atoms with Crippen molar-refractivity contribution in [1.82, 2.24) is 4.90 Å². The molecule has 0 saturated carbocycles. The first-order valence-corrected chi connectivity index (χ1v) is 10.4. The van der Waals surface area contributed by atoms with Crippen LogP contribution in [0.4, 0.5) is 0 Å². The number of methoxy groups -OCH3 is 3. The number of benzene rings is 2. The van der Waals surface area contributed by atoms with E-state index in [0.29, 0.717) is 23.9 Å². The molecule has 1 aliphatic rings. The molecular formula is C24H33NO5. The molecule has 6 heteroatoms. The molecule has 0 radical (unpaired) electrons. The van der Waals surface area contributed by atoms with Crippen LogP contribution in [0, 0.1) is 5.41 Å². The van der Waals surface area contributed by atoms with Gasteiger partial charge >= 0.3 is 0 Å². The molecule has 0 spiro atoms. The van der Waals surface area contributed by atoms with Crippen LogP contribution < -0.4 is 18.9 Å². The lowest BCUT2D eigenvalue weighted by molar-refractivity contribution is 0.0243. The van der Waals surface area contributed by atoms with Gasteiger partial charge in [-0.3, -0.25) is 4.90 Å². The molecule has 6 nitrogen and oxygen atoms in total. The maximum Gasteiger partial charge on any atom is 0.203 e. The van der Waals surface area contributed by atoms with Crippen LogP contribution in [0.15, 0.2) is 42.5 Å². The maximum atomic E-state index is 10.1. The Morgan fingerprint density at radius 2 is 1.57 bits per heavy atom. The molecule has 1 N–H and O–H groups in total.